The van der Waals surface area contributed by atoms with Crippen LogP contribution in [0.4, 0.5) is 0 Å². The third-order valence-electron chi connectivity index (χ3n) is 3.51. The Labute approximate surface area is 143 Å². The summed E-state index contributed by atoms with van der Waals surface area (Å²) in [6.45, 7) is 6.49. The molecule has 2 N–H and O–H groups in total. The zero-order valence-corrected chi connectivity index (χ0v) is 15.2. The average Bonchev–Trinajstić information content (AvgIpc) is 2.85. The van der Waals surface area contributed by atoms with Crippen LogP contribution in [0.1, 0.15) is 42.0 Å². The fourth-order valence-electron chi connectivity index (χ4n) is 2.44. The van der Waals surface area contributed by atoms with E-state index in [1.807, 2.05) is 30.5 Å². The highest BCUT2D eigenvalue weighted by molar-refractivity contribution is 9.10. The number of pyridine rings is 1. The fraction of sp³-hybridized carbons (Fsp3) is 0.438. The van der Waals surface area contributed by atoms with Crippen molar-refractivity contribution in [1.82, 2.24) is 20.0 Å². The number of fused-ring (bicyclic) bond motifs is 1. The van der Waals surface area contributed by atoms with E-state index >= 15 is 0 Å². The van der Waals surface area contributed by atoms with E-state index in [1.165, 1.54) is 6.92 Å². The van der Waals surface area contributed by atoms with Gasteiger partial charge in [0.25, 0.3) is 5.91 Å². The summed E-state index contributed by atoms with van der Waals surface area (Å²) in [6, 6.07) is 1.98. The zero-order valence-electron chi connectivity index (χ0n) is 13.6. The first kappa shape index (κ1) is 17.5. The van der Waals surface area contributed by atoms with Gasteiger partial charge < -0.3 is 10.6 Å². The highest BCUT2D eigenvalue weighted by Gasteiger charge is 2.19. The average molecular weight is 381 g/mol. The molecule has 7 heteroatoms. The van der Waals surface area contributed by atoms with Crippen LogP contribution in [-0.4, -0.2) is 34.3 Å². The van der Waals surface area contributed by atoms with Crippen LogP contribution >= 0.6 is 15.9 Å². The minimum Gasteiger partial charge on any atom is -0.356 e. The molecular formula is C16H21BrN4O2. The van der Waals surface area contributed by atoms with Gasteiger partial charge in [0.15, 0.2) is 0 Å². The molecule has 0 aliphatic heterocycles. The van der Waals surface area contributed by atoms with Gasteiger partial charge in [0, 0.05) is 30.7 Å². The molecule has 0 spiro atoms. The molecular weight excluding hydrogens is 360 g/mol. The lowest BCUT2D eigenvalue weighted by Crippen LogP contribution is -2.30. The number of carbonyl (C=O) groups excluding carboxylic acids is 2. The van der Waals surface area contributed by atoms with Gasteiger partial charge in [-0.1, -0.05) is 6.92 Å². The van der Waals surface area contributed by atoms with Gasteiger partial charge in [0.1, 0.15) is 11.3 Å². The third-order valence-corrected chi connectivity index (χ3v) is 3.94. The van der Waals surface area contributed by atoms with E-state index in [2.05, 4.69) is 31.5 Å². The van der Waals surface area contributed by atoms with Gasteiger partial charge in [-0.25, -0.2) is 4.98 Å². The van der Waals surface area contributed by atoms with Gasteiger partial charge in [0.2, 0.25) is 5.91 Å². The number of hydrogen-bond donors (Lipinski definition) is 2. The maximum atomic E-state index is 12.5. The molecule has 0 saturated heterocycles. The summed E-state index contributed by atoms with van der Waals surface area (Å²) in [7, 11) is 0. The van der Waals surface area contributed by atoms with E-state index in [-0.39, 0.29) is 11.8 Å². The van der Waals surface area contributed by atoms with Gasteiger partial charge in [-0.05, 0) is 47.3 Å². The lowest BCUT2D eigenvalue weighted by Gasteiger charge is -2.08. The summed E-state index contributed by atoms with van der Waals surface area (Å²) >= 11 is 3.46. The van der Waals surface area contributed by atoms with E-state index in [4.69, 9.17) is 0 Å². The first-order valence-corrected chi connectivity index (χ1v) is 8.43. The van der Waals surface area contributed by atoms with Gasteiger partial charge in [-0.2, -0.15) is 0 Å². The molecule has 2 amide bonds. The smallest absolute Gasteiger partial charge is 0.270 e. The molecule has 0 atom stereocenters. The lowest BCUT2D eigenvalue weighted by molar-refractivity contribution is -0.118. The molecule has 0 aliphatic rings. The Bertz CT molecular complexity index is 739. The molecule has 6 nitrogen and oxygen atoms in total. The molecule has 0 aliphatic carbocycles. The Morgan fingerprint density at radius 2 is 2.00 bits per heavy atom. The van der Waals surface area contributed by atoms with Crippen LogP contribution in [0.25, 0.3) is 5.65 Å². The maximum absolute atomic E-state index is 12.5. The molecule has 2 rings (SSSR count). The van der Waals surface area contributed by atoms with Crippen molar-refractivity contribution in [3.05, 3.63) is 33.7 Å². The SMILES string of the molecule is CCc1nc2c(C)cc(Br)cn2c1C(=O)NCCCNC(C)=O. The van der Waals surface area contributed by atoms with Crippen LogP contribution in [0.2, 0.25) is 0 Å². The summed E-state index contributed by atoms with van der Waals surface area (Å²) in [4.78, 5) is 27.9. The second-order valence-corrected chi connectivity index (χ2v) is 6.30. The minimum atomic E-state index is -0.144. The van der Waals surface area contributed by atoms with Gasteiger partial charge in [-0.15, -0.1) is 0 Å². The molecule has 23 heavy (non-hydrogen) atoms. The van der Waals surface area contributed by atoms with E-state index in [0.717, 1.165) is 21.4 Å². The lowest BCUT2D eigenvalue weighted by atomic mass is 10.2. The molecule has 0 aromatic carbocycles. The standard InChI is InChI=1S/C16H21BrN4O2/c1-4-13-14(16(23)19-7-5-6-18-11(3)22)21-9-12(17)8-10(2)15(21)20-13/h8-9H,4-7H2,1-3H3,(H,18,22)(H,19,23). The van der Waals surface area contributed by atoms with Crippen molar-refractivity contribution in [2.45, 2.75) is 33.6 Å². The Balaban J connectivity index is 2.17. The number of nitrogens with zero attached hydrogens (tertiary/aromatic N) is 2. The molecule has 2 aromatic rings. The van der Waals surface area contributed by atoms with Crippen LogP contribution < -0.4 is 10.6 Å². The van der Waals surface area contributed by atoms with Crippen molar-refractivity contribution in [3.63, 3.8) is 0 Å². The normalized spacial score (nSPS) is 10.8. The van der Waals surface area contributed by atoms with Gasteiger partial charge in [-0.3, -0.25) is 14.0 Å². The van der Waals surface area contributed by atoms with Crippen LogP contribution in [-0.2, 0) is 11.2 Å². The Hall–Kier alpha value is -1.89. The number of amides is 2. The predicted molar refractivity (Wildman–Crippen MR) is 92.6 cm³/mol. The highest BCUT2D eigenvalue weighted by atomic mass is 79.9. The second kappa shape index (κ2) is 7.59. The summed E-state index contributed by atoms with van der Waals surface area (Å²) in [5.41, 5.74) is 3.17. The molecule has 2 heterocycles. The largest absolute Gasteiger partial charge is 0.356 e. The quantitative estimate of drug-likeness (QED) is 0.754. The molecule has 2 aromatic heterocycles. The van der Waals surface area contributed by atoms with Crippen molar-refractivity contribution in [2.75, 3.05) is 13.1 Å². The van der Waals surface area contributed by atoms with Crippen molar-refractivity contribution in [3.8, 4) is 0 Å². The summed E-state index contributed by atoms with van der Waals surface area (Å²) in [6.07, 6.45) is 3.24. The summed E-state index contributed by atoms with van der Waals surface area (Å²) in [5.74, 6) is -0.207. The topological polar surface area (TPSA) is 75.5 Å². The Morgan fingerprint density at radius 1 is 1.30 bits per heavy atom. The van der Waals surface area contributed by atoms with Crippen molar-refractivity contribution in [2.24, 2.45) is 0 Å². The number of imidazole rings is 1. The van der Waals surface area contributed by atoms with E-state index in [0.29, 0.717) is 31.6 Å². The first-order valence-electron chi connectivity index (χ1n) is 7.63. The fourth-order valence-corrected chi connectivity index (χ4v) is 2.99. The number of carbonyl (C=O) groups is 2. The highest BCUT2D eigenvalue weighted by Crippen LogP contribution is 2.21. The molecule has 0 unspecified atom stereocenters. The molecule has 0 fully saturated rings. The number of halogens is 1. The van der Waals surface area contributed by atoms with Gasteiger partial charge in [0.05, 0.1) is 5.69 Å². The predicted octanol–water partition coefficient (Wildman–Crippen LogP) is 2.22. The van der Waals surface area contributed by atoms with Crippen molar-refractivity contribution >= 4 is 33.4 Å². The monoisotopic (exact) mass is 380 g/mol. The number of aromatic nitrogens is 2. The molecule has 0 radical (unpaired) electrons. The van der Waals surface area contributed by atoms with E-state index in [9.17, 15) is 9.59 Å². The van der Waals surface area contributed by atoms with Crippen LogP contribution in [0.5, 0.6) is 0 Å². The van der Waals surface area contributed by atoms with Crippen molar-refractivity contribution in [1.29, 1.82) is 0 Å². The Kier molecular flexibility index (Phi) is 5.76. The first-order chi connectivity index (χ1) is 10.9. The van der Waals surface area contributed by atoms with Gasteiger partial charge >= 0.3 is 0 Å². The van der Waals surface area contributed by atoms with E-state index in [1.54, 1.807) is 0 Å². The molecule has 0 bridgehead atoms. The molecule has 124 valence electrons. The van der Waals surface area contributed by atoms with Crippen molar-refractivity contribution < 1.29 is 9.59 Å². The minimum absolute atomic E-state index is 0.0632. The van der Waals surface area contributed by atoms with Crippen LogP contribution in [0, 0.1) is 6.92 Å². The zero-order chi connectivity index (χ0) is 17.0. The third kappa shape index (κ3) is 4.10. The number of aryl methyl sites for hydroxylation is 2. The van der Waals surface area contributed by atoms with Crippen LogP contribution in [0.3, 0.4) is 0 Å². The number of rotatable bonds is 6. The number of hydrogen-bond acceptors (Lipinski definition) is 3. The Morgan fingerprint density at radius 3 is 2.65 bits per heavy atom. The van der Waals surface area contributed by atoms with Crippen LogP contribution in [0.15, 0.2) is 16.7 Å². The second-order valence-electron chi connectivity index (χ2n) is 5.39. The maximum Gasteiger partial charge on any atom is 0.270 e. The summed E-state index contributed by atoms with van der Waals surface area (Å²) in [5, 5.41) is 5.61. The summed E-state index contributed by atoms with van der Waals surface area (Å²) < 4.78 is 2.74. The molecule has 0 saturated carbocycles. The van der Waals surface area contributed by atoms with E-state index < -0.39 is 0 Å². The number of nitrogens with one attached hydrogen (secondary N) is 2.